The molecular formula is C26H22Br2ClN3O2. The van der Waals surface area contributed by atoms with Crippen molar-refractivity contribution >= 4 is 60.6 Å². The molecule has 0 radical (unpaired) electrons. The van der Waals surface area contributed by atoms with Crippen molar-refractivity contribution in [3.05, 3.63) is 102 Å². The van der Waals surface area contributed by atoms with Crippen LogP contribution in [0, 0.1) is 0 Å². The molecule has 0 saturated carbocycles. The normalized spacial score (nSPS) is 12.4. The van der Waals surface area contributed by atoms with Crippen LogP contribution in [-0.2, 0) is 6.61 Å². The second-order valence-corrected chi connectivity index (χ2v) is 10.1. The molecule has 0 aliphatic carbocycles. The minimum atomic E-state index is -0.195. The second kappa shape index (κ2) is 10.8. The van der Waals surface area contributed by atoms with Crippen molar-refractivity contribution in [2.75, 3.05) is 0 Å². The van der Waals surface area contributed by atoms with E-state index in [9.17, 15) is 4.79 Å². The van der Waals surface area contributed by atoms with Crippen molar-refractivity contribution in [2.24, 2.45) is 5.10 Å². The Kier molecular flexibility index (Phi) is 7.86. The summed E-state index contributed by atoms with van der Waals surface area (Å²) in [6.45, 7) is 4.54. The van der Waals surface area contributed by atoms with Gasteiger partial charge >= 0.3 is 0 Å². The van der Waals surface area contributed by atoms with Gasteiger partial charge in [-0.15, -0.1) is 0 Å². The maximum Gasteiger partial charge on any atom is 0.282 e. The Hall–Kier alpha value is -2.48. The third kappa shape index (κ3) is 5.59. The van der Waals surface area contributed by atoms with Crippen molar-refractivity contribution in [3.8, 4) is 5.75 Å². The highest BCUT2D eigenvalue weighted by Crippen LogP contribution is 2.27. The van der Waals surface area contributed by atoms with Gasteiger partial charge in [-0.3, -0.25) is 4.79 Å². The number of fused-ring (bicyclic) bond motifs is 1. The van der Waals surface area contributed by atoms with Crippen LogP contribution in [0.2, 0.25) is 5.02 Å². The number of benzene rings is 3. The summed E-state index contributed by atoms with van der Waals surface area (Å²) < 4.78 is 8.94. The van der Waals surface area contributed by atoms with Gasteiger partial charge in [0.15, 0.2) is 0 Å². The highest BCUT2D eigenvalue weighted by Gasteiger charge is 2.15. The van der Waals surface area contributed by atoms with E-state index < -0.39 is 0 Å². The monoisotopic (exact) mass is 601 g/mol. The van der Waals surface area contributed by atoms with Gasteiger partial charge in [-0.1, -0.05) is 53.5 Å². The molecule has 5 nitrogen and oxygen atoms in total. The zero-order chi connectivity index (χ0) is 24.2. The summed E-state index contributed by atoms with van der Waals surface area (Å²) in [7, 11) is 0. The summed E-state index contributed by atoms with van der Waals surface area (Å²) in [5.74, 6) is 1.43. The van der Waals surface area contributed by atoms with Gasteiger partial charge in [0, 0.05) is 15.4 Å². The maximum atomic E-state index is 13.3. The molecule has 0 unspecified atom stereocenters. The minimum absolute atomic E-state index is 0.0771. The molecule has 34 heavy (non-hydrogen) atoms. The van der Waals surface area contributed by atoms with Crippen molar-refractivity contribution in [2.45, 2.75) is 32.8 Å². The first-order valence-electron chi connectivity index (χ1n) is 10.8. The fourth-order valence-corrected chi connectivity index (χ4v) is 4.36. The average Bonchev–Trinajstić information content (AvgIpc) is 2.83. The highest BCUT2D eigenvalue weighted by molar-refractivity contribution is 9.10. The Morgan fingerprint density at radius 1 is 1.12 bits per heavy atom. The van der Waals surface area contributed by atoms with E-state index in [-0.39, 0.29) is 11.5 Å². The van der Waals surface area contributed by atoms with Crippen LogP contribution in [0.15, 0.2) is 79.5 Å². The smallest absolute Gasteiger partial charge is 0.282 e. The largest absolute Gasteiger partial charge is 0.488 e. The van der Waals surface area contributed by atoms with Crippen molar-refractivity contribution in [3.63, 3.8) is 0 Å². The van der Waals surface area contributed by atoms with Crippen molar-refractivity contribution in [1.82, 2.24) is 9.66 Å². The molecule has 1 heterocycles. The van der Waals surface area contributed by atoms with Gasteiger partial charge in [0.1, 0.15) is 18.2 Å². The summed E-state index contributed by atoms with van der Waals surface area (Å²) in [5.41, 5.74) is 2.32. The van der Waals surface area contributed by atoms with E-state index in [1.165, 1.54) is 4.68 Å². The molecule has 0 amide bonds. The molecule has 1 aromatic heterocycles. The zero-order valence-electron chi connectivity index (χ0n) is 18.6. The predicted molar refractivity (Wildman–Crippen MR) is 145 cm³/mol. The van der Waals surface area contributed by atoms with Gasteiger partial charge in [-0.2, -0.15) is 9.78 Å². The first-order chi connectivity index (χ1) is 16.4. The molecule has 0 saturated heterocycles. The Morgan fingerprint density at radius 3 is 2.59 bits per heavy atom. The van der Waals surface area contributed by atoms with Crippen molar-refractivity contribution < 1.29 is 4.74 Å². The van der Waals surface area contributed by atoms with Crippen LogP contribution in [-0.4, -0.2) is 15.9 Å². The number of halogens is 3. The lowest BCUT2D eigenvalue weighted by Gasteiger charge is -2.14. The van der Waals surface area contributed by atoms with E-state index in [4.69, 9.17) is 21.3 Å². The fraction of sp³-hybridized carbons (Fsp3) is 0.192. The first kappa shape index (κ1) is 24.6. The van der Waals surface area contributed by atoms with Crippen LogP contribution in [0.3, 0.4) is 0 Å². The number of aromatic nitrogens is 2. The Labute approximate surface area is 219 Å². The van der Waals surface area contributed by atoms with Gasteiger partial charge in [-0.25, -0.2) is 4.98 Å². The van der Waals surface area contributed by atoms with Crippen LogP contribution in [0.4, 0.5) is 0 Å². The average molecular weight is 604 g/mol. The van der Waals surface area contributed by atoms with Crippen LogP contribution in [0.1, 0.15) is 43.1 Å². The summed E-state index contributed by atoms with van der Waals surface area (Å²) in [5, 5.41) is 5.74. The molecule has 4 rings (SSSR count). The van der Waals surface area contributed by atoms with Gasteiger partial charge in [0.25, 0.3) is 5.56 Å². The van der Waals surface area contributed by atoms with Gasteiger partial charge in [0.05, 0.1) is 21.6 Å². The number of hydrogen-bond acceptors (Lipinski definition) is 4. The molecule has 0 fully saturated rings. The SMILES string of the molecule is CC[C@H](C)c1nc2ccc(Br)cc2c(=O)n1N=Cc1ccc(OCc2ccc(Cl)cc2)c(Br)c1. The van der Waals surface area contributed by atoms with Crippen molar-refractivity contribution in [1.29, 1.82) is 0 Å². The van der Waals surface area contributed by atoms with Gasteiger partial charge in [0.2, 0.25) is 0 Å². The third-order valence-electron chi connectivity index (χ3n) is 5.47. The summed E-state index contributed by atoms with van der Waals surface area (Å²) >= 11 is 12.9. The minimum Gasteiger partial charge on any atom is -0.488 e. The lowest BCUT2D eigenvalue weighted by molar-refractivity contribution is 0.304. The summed E-state index contributed by atoms with van der Waals surface area (Å²) in [4.78, 5) is 18.0. The first-order valence-corrected chi connectivity index (χ1v) is 12.8. The number of rotatable bonds is 7. The Balaban J connectivity index is 1.62. The third-order valence-corrected chi connectivity index (χ3v) is 6.84. The standard InChI is InChI=1S/C26H22Br2ClN3O2/c1-3-16(2)25-31-23-10-7-19(27)13-21(23)26(33)32(25)30-14-18-6-11-24(22(28)12-18)34-15-17-4-8-20(29)9-5-17/h4-14,16H,3,15H2,1-2H3/t16-/m0/s1. The van der Waals surface area contributed by atoms with Crippen LogP contribution in [0.5, 0.6) is 5.75 Å². The molecular weight excluding hydrogens is 582 g/mol. The Morgan fingerprint density at radius 2 is 1.88 bits per heavy atom. The summed E-state index contributed by atoms with van der Waals surface area (Å²) in [6, 6.07) is 18.7. The summed E-state index contributed by atoms with van der Waals surface area (Å²) in [6.07, 6.45) is 2.50. The zero-order valence-corrected chi connectivity index (χ0v) is 22.6. The van der Waals surface area contributed by atoms with E-state index in [1.807, 2.05) is 61.5 Å². The molecule has 174 valence electrons. The molecule has 8 heteroatoms. The number of ether oxygens (including phenoxy) is 1. The molecule has 0 bridgehead atoms. The van der Waals surface area contributed by atoms with E-state index in [1.54, 1.807) is 12.3 Å². The van der Waals surface area contributed by atoms with E-state index in [2.05, 4.69) is 43.9 Å². The topological polar surface area (TPSA) is 56.5 Å². The fourth-order valence-electron chi connectivity index (χ4n) is 3.36. The van der Waals surface area contributed by atoms with E-state index in [0.717, 1.165) is 26.5 Å². The van der Waals surface area contributed by atoms with E-state index in [0.29, 0.717) is 34.1 Å². The second-order valence-electron chi connectivity index (χ2n) is 7.91. The molecule has 3 aromatic carbocycles. The molecule has 1 atom stereocenters. The van der Waals surface area contributed by atoms with Crippen LogP contribution >= 0.6 is 43.5 Å². The lowest BCUT2D eigenvalue weighted by atomic mass is 10.1. The predicted octanol–water partition coefficient (Wildman–Crippen LogP) is 7.55. The van der Waals surface area contributed by atoms with Gasteiger partial charge in [-0.05, 0) is 82.0 Å². The van der Waals surface area contributed by atoms with E-state index >= 15 is 0 Å². The molecule has 0 N–H and O–H groups in total. The maximum absolute atomic E-state index is 13.3. The molecule has 0 aliphatic heterocycles. The Bertz CT molecular complexity index is 1420. The van der Waals surface area contributed by atoms with Crippen LogP contribution in [0.25, 0.3) is 10.9 Å². The molecule has 0 spiro atoms. The lowest BCUT2D eigenvalue weighted by Crippen LogP contribution is -2.23. The highest BCUT2D eigenvalue weighted by atomic mass is 79.9. The number of nitrogens with zero attached hydrogens (tertiary/aromatic N) is 3. The molecule has 4 aromatic rings. The number of hydrogen-bond donors (Lipinski definition) is 0. The van der Waals surface area contributed by atoms with Gasteiger partial charge < -0.3 is 4.74 Å². The van der Waals surface area contributed by atoms with Crippen LogP contribution < -0.4 is 10.3 Å². The quantitative estimate of drug-likeness (QED) is 0.205. The molecule has 0 aliphatic rings.